The summed E-state index contributed by atoms with van der Waals surface area (Å²) in [4.78, 5) is 12.9. The molecular formula is C12H19Cl2NO2. The number of ether oxygens (including phenoxy) is 1. The van der Waals surface area contributed by atoms with Gasteiger partial charge in [0, 0.05) is 18.4 Å². The molecule has 0 aromatic carbocycles. The molecule has 2 aliphatic rings. The summed E-state index contributed by atoms with van der Waals surface area (Å²) in [6.07, 6.45) is 3.37. The molecule has 98 valence electrons. The molecular weight excluding hydrogens is 261 g/mol. The minimum atomic E-state index is -0.991. The lowest BCUT2D eigenvalue weighted by molar-refractivity contribution is -0.184. The normalized spacial score (nSPS) is 38.1. The van der Waals surface area contributed by atoms with Crippen LogP contribution in [0.15, 0.2) is 0 Å². The largest absolute Gasteiger partial charge is 0.353 e. The summed E-state index contributed by atoms with van der Waals surface area (Å²) in [5.74, 6) is 0.459. The van der Waals surface area contributed by atoms with Crippen LogP contribution >= 0.6 is 23.2 Å². The van der Waals surface area contributed by atoms with Crippen molar-refractivity contribution in [3.8, 4) is 0 Å². The fourth-order valence-electron chi connectivity index (χ4n) is 3.40. The molecule has 2 fully saturated rings. The topological polar surface area (TPSA) is 29.5 Å². The summed E-state index contributed by atoms with van der Waals surface area (Å²) in [6, 6.07) is 0. The number of nitrogens with zero attached hydrogens (tertiary/aromatic N) is 1. The number of alkyl halides is 2. The predicted molar refractivity (Wildman–Crippen MR) is 68.1 cm³/mol. The molecule has 2 atom stereocenters. The van der Waals surface area contributed by atoms with E-state index in [2.05, 4.69) is 13.8 Å². The average molecular weight is 280 g/mol. The Morgan fingerprint density at radius 1 is 1.35 bits per heavy atom. The Morgan fingerprint density at radius 2 is 1.94 bits per heavy atom. The van der Waals surface area contributed by atoms with E-state index < -0.39 is 10.6 Å². The molecule has 1 saturated heterocycles. The van der Waals surface area contributed by atoms with Gasteiger partial charge >= 0.3 is 0 Å². The van der Waals surface area contributed by atoms with E-state index >= 15 is 0 Å². The zero-order valence-corrected chi connectivity index (χ0v) is 11.8. The van der Waals surface area contributed by atoms with Crippen LogP contribution in [-0.4, -0.2) is 34.5 Å². The highest BCUT2D eigenvalue weighted by molar-refractivity contribution is 6.53. The SMILES string of the molecule is CC1CCCC(C)C12OCCN2C(=O)C(Cl)Cl. The van der Waals surface area contributed by atoms with Gasteiger partial charge < -0.3 is 9.64 Å². The third kappa shape index (κ3) is 2.06. The molecule has 0 aromatic rings. The highest BCUT2D eigenvalue weighted by Gasteiger charge is 2.54. The van der Waals surface area contributed by atoms with Crippen LogP contribution in [0, 0.1) is 11.8 Å². The van der Waals surface area contributed by atoms with Crippen molar-refractivity contribution >= 4 is 29.1 Å². The van der Waals surface area contributed by atoms with Gasteiger partial charge in [0.15, 0.2) is 4.84 Å². The van der Waals surface area contributed by atoms with E-state index in [1.54, 1.807) is 4.90 Å². The van der Waals surface area contributed by atoms with Gasteiger partial charge in [-0.15, -0.1) is 0 Å². The second-order valence-electron chi connectivity index (χ2n) is 5.12. The number of carbonyl (C=O) groups is 1. The quantitative estimate of drug-likeness (QED) is 0.691. The molecule has 0 N–H and O–H groups in total. The maximum atomic E-state index is 12.1. The molecule has 0 aromatic heterocycles. The maximum absolute atomic E-state index is 12.1. The van der Waals surface area contributed by atoms with Crippen molar-refractivity contribution in [2.24, 2.45) is 11.8 Å². The van der Waals surface area contributed by atoms with E-state index in [9.17, 15) is 4.79 Å². The van der Waals surface area contributed by atoms with Crippen molar-refractivity contribution in [2.75, 3.05) is 13.2 Å². The molecule has 17 heavy (non-hydrogen) atoms. The van der Waals surface area contributed by atoms with Gasteiger partial charge in [0.05, 0.1) is 6.61 Å². The standard InChI is InChI=1S/C12H19Cl2NO2/c1-8-4-3-5-9(2)12(8)15(6-7-17-12)11(16)10(13)14/h8-10H,3-7H2,1-2H3. The van der Waals surface area contributed by atoms with Crippen LogP contribution in [0.3, 0.4) is 0 Å². The Kier molecular flexibility index (Phi) is 3.91. The van der Waals surface area contributed by atoms with Crippen LogP contribution in [0.2, 0.25) is 0 Å². The van der Waals surface area contributed by atoms with Gasteiger partial charge in [-0.25, -0.2) is 0 Å². The van der Waals surface area contributed by atoms with Gasteiger partial charge in [0.25, 0.3) is 5.91 Å². The third-order valence-electron chi connectivity index (χ3n) is 4.21. The van der Waals surface area contributed by atoms with Gasteiger partial charge in [-0.05, 0) is 12.8 Å². The minimum absolute atomic E-state index is 0.216. The number of rotatable bonds is 1. The fourth-order valence-corrected chi connectivity index (χ4v) is 3.64. The Labute approximate surface area is 112 Å². The van der Waals surface area contributed by atoms with Crippen molar-refractivity contribution in [1.82, 2.24) is 4.90 Å². The van der Waals surface area contributed by atoms with Gasteiger partial charge in [-0.1, -0.05) is 43.5 Å². The van der Waals surface area contributed by atoms with Gasteiger partial charge in [-0.3, -0.25) is 4.79 Å². The molecule has 0 radical (unpaired) electrons. The van der Waals surface area contributed by atoms with Gasteiger partial charge in [0.1, 0.15) is 5.72 Å². The highest BCUT2D eigenvalue weighted by Crippen LogP contribution is 2.46. The van der Waals surface area contributed by atoms with Crippen LogP contribution in [-0.2, 0) is 9.53 Å². The first kappa shape index (κ1) is 13.4. The molecule has 0 bridgehead atoms. The van der Waals surface area contributed by atoms with Crippen LogP contribution in [0.5, 0.6) is 0 Å². The Bertz CT molecular complexity index is 299. The molecule has 5 heteroatoms. The van der Waals surface area contributed by atoms with E-state index in [1.165, 1.54) is 6.42 Å². The van der Waals surface area contributed by atoms with Crippen LogP contribution in [0.4, 0.5) is 0 Å². The lowest BCUT2D eigenvalue weighted by Crippen LogP contribution is -2.59. The lowest BCUT2D eigenvalue weighted by Gasteiger charge is -2.49. The van der Waals surface area contributed by atoms with Crippen molar-refractivity contribution in [3.63, 3.8) is 0 Å². The molecule has 1 amide bonds. The van der Waals surface area contributed by atoms with Crippen molar-refractivity contribution in [2.45, 2.75) is 43.7 Å². The molecule has 1 heterocycles. The Hall–Kier alpha value is 0.01000. The van der Waals surface area contributed by atoms with E-state index in [0.717, 1.165) is 12.8 Å². The number of amides is 1. The fraction of sp³-hybridized carbons (Fsp3) is 0.917. The van der Waals surface area contributed by atoms with Crippen molar-refractivity contribution in [1.29, 1.82) is 0 Å². The lowest BCUT2D eigenvalue weighted by atomic mass is 9.74. The monoisotopic (exact) mass is 279 g/mol. The van der Waals surface area contributed by atoms with Crippen molar-refractivity contribution in [3.05, 3.63) is 0 Å². The first-order valence-electron chi connectivity index (χ1n) is 6.23. The zero-order chi connectivity index (χ0) is 12.6. The van der Waals surface area contributed by atoms with E-state index in [0.29, 0.717) is 25.0 Å². The Balaban J connectivity index is 2.29. The summed E-state index contributed by atoms with van der Waals surface area (Å²) in [7, 11) is 0. The molecule has 1 aliphatic carbocycles. The van der Waals surface area contributed by atoms with Gasteiger partial charge in [-0.2, -0.15) is 0 Å². The first-order valence-corrected chi connectivity index (χ1v) is 7.11. The summed E-state index contributed by atoms with van der Waals surface area (Å²) < 4.78 is 5.98. The molecule has 1 aliphatic heterocycles. The number of carbonyl (C=O) groups excluding carboxylic acids is 1. The summed E-state index contributed by atoms with van der Waals surface area (Å²) in [6.45, 7) is 5.49. The first-order chi connectivity index (χ1) is 8.00. The second-order valence-corrected chi connectivity index (χ2v) is 6.22. The van der Waals surface area contributed by atoms with E-state index in [1.807, 2.05) is 0 Å². The van der Waals surface area contributed by atoms with E-state index in [-0.39, 0.29) is 5.91 Å². The van der Waals surface area contributed by atoms with Crippen LogP contribution < -0.4 is 0 Å². The smallest absolute Gasteiger partial charge is 0.258 e. The molecule has 2 rings (SSSR count). The van der Waals surface area contributed by atoms with E-state index in [4.69, 9.17) is 27.9 Å². The minimum Gasteiger partial charge on any atom is -0.353 e. The highest BCUT2D eigenvalue weighted by atomic mass is 35.5. The number of hydrogen-bond donors (Lipinski definition) is 0. The zero-order valence-electron chi connectivity index (χ0n) is 10.3. The molecule has 2 unspecified atom stereocenters. The average Bonchev–Trinajstić information content (AvgIpc) is 2.70. The number of hydrogen-bond acceptors (Lipinski definition) is 2. The molecule has 1 saturated carbocycles. The second kappa shape index (κ2) is 4.94. The maximum Gasteiger partial charge on any atom is 0.258 e. The summed E-state index contributed by atoms with van der Waals surface area (Å²) in [5, 5.41) is 0. The van der Waals surface area contributed by atoms with Crippen LogP contribution in [0.1, 0.15) is 33.1 Å². The molecule has 1 spiro atoms. The summed E-state index contributed by atoms with van der Waals surface area (Å²) >= 11 is 11.4. The predicted octanol–water partition coefficient (Wildman–Crippen LogP) is 2.80. The van der Waals surface area contributed by atoms with Crippen LogP contribution in [0.25, 0.3) is 0 Å². The number of halogens is 2. The Morgan fingerprint density at radius 3 is 2.47 bits per heavy atom. The molecule has 3 nitrogen and oxygen atoms in total. The van der Waals surface area contributed by atoms with Crippen molar-refractivity contribution < 1.29 is 9.53 Å². The van der Waals surface area contributed by atoms with Gasteiger partial charge in [0.2, 0.25) is 0 Å². The third-order valence-corrected chi connectivity index (χ3v) is 4.58. The summed E-state index contributed by atoms with van der Waals surface area (Å²) in [5.41, 5.74) is -0.475.